The molecule has 0 aliphatic carbocycles. The van der Waals surface area contributed by atoms with Gasteiger partial charge < -0.3 is 19.1 Å². The van der Waals surface area contributed by atoms with Crippen LogP contribution in [-0.2, 0) is 9.47 Å². The lowest BCUT2D eigenvalue weighted by molar-refractivity contribution is -0.146. The van der Waals surface area contributed by atoms with Crippen LogP contribution in [0.25, 0.3) is 0 Å². The lowest BCUT2D eigenvalue weighted by atomic mass is 9.73. The highest BCUT2D eigenvalue weighted by molar-refractivity contribution is 5.94. The normalized spacial score (nSPS) is 26.2. The van der Waals surface area contributed by atoms with Crippen molar-refractivity contribution in [2.75, 3.05) is 40.0 Å². The summed E-state index contributed by atoms with van der Waals surface area (Å²) in [5.74, 6) is -0.477. The summed E-state index contributed by atoms with van der Waals surface area (Å²) in [6.45, 7) is 5.25. The summed E-state index contributed by atoms with van der Waals surface area (Å²) < 4.78 is 30.3. The number of rotatable bonds is 5. The zero-order valence-electron chi connectivity index (χ0n) is 14.9. The fraction of sp³-hybridized carbons (Fsp3) is 0.632. The summed E-state index contributed by atoms with van der Waals surface area (Å²) >= 11 is 0. The van der Waals surface area contributed by atoms with Crippen molar-refractivity contribution in [3.63, 3.8) is 0 Å². The van der Waals surface area contributed by atoms with E-state index in [4.69, 9.17) is 14.2 Å². The van der Waals surface area contributed by atoms with Gasteiger partial charge >= 0.3 is 0 Å². The van der Waals surface area contributed by atoms with Crippen molar-refractivity contribution in [1.82, 2.24) is 4.90 Å². The maximum atomic E-state index is 13.6. The molecule has 2 fully saturated rings. The third kappa shape index (κ3) is 3.65. The topological polar surface area (TPSA) is 48.0 Å². The molecule has 0 N–H and O–H groups in total. The second kappa shape index (κ2) is 7.70. The number of hydrogen-bond donors (Lipinski definition) is 0. The fourth-order valence-electron chi connectivity index (χ4n) is 3.96. The minimum Gasteiger partial charge on any atom is -0.494 e. The predicted octanol–water partition coefficient (Wildman–Crippen LogP) is 2.88. The molecule has 0 unspecified atom stereocenters. The van der Waals surface area contributed by atoms with Crippen LogP contribution in [0.3, 0.4) is 0 Å². The molecule has 5 nitrogen and oxygen atoms in total. The van der Waals surface area contributed by atoms with Crippen LogP contribution in [0.2, 0.25) is 0 Å². The number of fused-ring (bicyclic) bond motifs is 1. The van der Waals surface area contributed by atoms with Crippen LogP contribution in [0.1, 0.15) is 36.5 Å². The Morgan fingerprint density at radius 3 is 3.08 bits per heavy atom. The van der Waals surface area contributed by atoms with Crippen LogP contribution >= 0.6 is 0 Å². The van der Waals surface area contributed by atoms with E-state index in [1.807, 2.05) is 11.8 Å². The summed E-state index contributed by atoms with van der Waals surface area (Å²) in [4.78, 5) is 14.8. The Kier molecular flexibility index (Phi) is 5.59. The molecule has 2 aliphatic heterocycles. The maximum absolute atomic E-state index is 13.6. The summed E-state index contributed by atoms with van der Waals surface area (Å²) in [6, 6.07) is 4.26. The molecule has 0 saturated carbocycles. The van der Waals surface area contributed by atoms with Crippen LogP contribution in [-0.4, -0.2) is 56.9 Å². The largest absolute Gasteiger partial charge is 0.494 e. The molecule has 1 amide bonds. The SMILES string of the molecule is CCOC[C@]12CCCO[C@H]1CCN(C(=O)c1ccc(F)c(OC)c1)C2. The van der Waals surface area contributed by atoms with Gasteiger partial charge in [-0.25, -0.2) is 4.39 Å². The van der Waals surface area contributed by atoms with E-state index in [1.54, 1.807) is 0 Å². The number of methoxy groups -OCH3 is 1. The van der Waals surface area contributed by atoms with Crippen molar-refractivity contribution in [3.05, 3.63) is 29.6 Å². The third-order valence-electron chi connectivity index (χ3n) is 5.27. The van der Waals surface area contributed by atoms with E-state index < -0.39 is 5.82 Å². The first-order valence-corrected chi connectivity index (χ1v) is 8.92. The van der Waals surface area contributed by atoms with Gasteiger partial charge in [-0.2, -0.15) is 0 Å². The Balaban J connectivity index is 1.79. The second-order valence-corrected chi connectivity index (χ2v) is 6.83. The lowest BCUT2D eigenvalue weighted by Crippen LogP contribution is -2.58. The van der Waals surface area contributed by atoms with Crippen LogP contribution in [0.5, 0.6) is 5.75 Å². The van der Waals surface area contributed by atoms with Crippen molar-refractivity contribution in [1.29, 1.82) is 0 Å². The zero-order chi connectivity index (χ0) is 17.9. The van der Waals surface area contributed by atoms with Crippen LogP contribution in [0.4, 0.5) is 4.39 Å². The number of carbonyl (C=O) groups excluding carboxylic acids is 1. The lowest BCUT2D eigenvalue weighted by Gasteiger charge is -2.50. The molecule has 0 aromatic heterocycles. The number of carbonyl (C=O) groups is 1. The molecule has 25 heavy (non-hydrogen) atoms. The van der Waals surface area contributed by atoms with Crippen molar-refractivity contribution >= 4 is 5.91 Å². The minimum atomic E-state index is -0.466. The van der Waals surface area contributed by atoms with Gasteiger partial charge in [0.05, 0.1) is 19.8 Å². The number of benzene rings is 1. The van der Waals surface area contributed by atoms with E-state index in [2.05, 4.69) is 0 Å². The quantitative estimate of drug-likeness (QED) is 0.818. The molecule has 2 saturated heterocycles. The van der Waals surface area contributed by atoms with Gasteiger partial charge in [0.15, 0.2) is 11.6 Å². The van der Waals surface area contributed by atoms with Gasteiger partial charge in [-0.05, 0) is 44.4 Å². The third-order valence-corrected chi connectivity index (χ3v) is 5.27. The van der Waals surface area contributed by atoms with Gasteiger partial charge in [-0.1, -0.05) is 0 Å². The molecule has 1 aromatic rings. The maximum Gasteiger partial charge on any atom is 0.254 e. The molecule has 6 heteroatoms. The Bertz CT molecular complexity index is 623. The average Bonchev–Trinajstić information content (AvgIpc) is 2.65. The van der Waals surface area contributed by atoms with Gasteiger partial charge in [0, 0.05) is 37.3 Å². The van der Waals surface area contributed by atoms with E-state index in [0.717, 1.165) is 25.9 Å². The first-order chi connectivity index (χ1) is 12.1. The Morgan fingerprint density at radius 1 is 1.48 bits per heavy atom. The Hall–Kier alpha value is -1.66. The fourth-order valence-corrected chi connectivity index (χ4v) is 3.96. The summed E-state index contributed by atoms with van der Waals surface area (Å²) in [6.07, 6.45) is 2.92. The van der Waals surface area contributed by atoms with E-state index in [1.165, 1.54) is 25.3 Å². The molecule has 0 radical (unpaired) electrons. The van der Waals surface area contributed by atoms with Crippen molar-refractivity contribution in [3.8, 4) is 5.75 Å². The number of halogens is 1. The molecule has 1 aromatic carbocycles. The van der Waals surface area contributed by atoms with Crippen LogP contribution in [0.15, 0.2) is 18.2 Å². The number of ether oxygens (including phenoxy) is 3. The Morgan fingerprint density at radius 2 is 2.32 bits per heavy atom. The van der Waals surface area contributed by atoms with Gasteiger partial charge in [0.1, 0.15) is 0 Å². The molecule has 138 valence electrons. The number of piperidine rings is 1. The predicted molar refractivity (Wildman–Crippen MR) is 91.4 cm³/mol. The molecular weight excluding hydrogens is 325 g/mol. The van der Waals surface area contributed by atoms with E-state index in [-0.39, 0.29) is 23.2 Å². The smallest absolute Gasteiger partial charge is 0.254 e. The standard InChI is InChI=1S/C19H26FNO4/c1-3-24-13-19-8-4-10-25-17(19)7-9-21(12-19)18(22)14-5-6-15(20)16(11-14)23-2/h5-6,11,17H,3-4,7-10,12-13H2,1-2H3/t17-,19+/m0/s1. The molecule has 2 heterocycles. The molecule has 2 aliphatic rings. The van der Waals surface area contributed by atoms with E-state index >= 15 is 0 Å². The Labute approximate surface area is 148 Å². The molecular formula is C19H26FNO4. The van der Waals surface area contributed by atoms with Crippen molar-refractivity contribution in [2.45, 2.75) is 32.3 Å². The second-order valence-electron chi connectivity index (χ2n) is 6.83. The molecule has 2 atom stereocenters. The van der Waals surface area contributed by atoms with Gasteiger partial charge in [-0.3, -0.25) is 4.79 Å². The highest BCUT2D eigenvalue weighted by atomic mass is 19.1. The molecule has 3 rings (SSSR count). The molecule has 0 bridgehead atoms. The van der Waals surface area contributed by atoms with Crippen LogP contribution < -0.4 is 4.74 Å². The average molecular weight is 351 g/mol. The highest BCUT2D eigenvalue weighted by Gasteiger charge is 2.47. The number of likely N-dealkylation sites (tertiary alicyclic amines) is 1. The van der Waals surface area contributed by atoms with Gasteiger partial charge in [0.25, 0.3) is 5.91 Å². The number of nitrogens with zero attached hydrogens (tertiary/aromatic N) is 1. The van der Waals surface area contributed by atoms with E-state index in [0.29, 0.717) is 31.9 Å². The number of amides is 1. The summed E-state index contributed by atoms with van der Waals surface area (Å²) in [5, 5.41) is 0. The van der Waals surface area contributed by atoms with Gasteiger partial charge in [-0.15, -0.1) is 0 Å². The summed E-state index contributed by atoms with van der Waals surface area (Å²) in [7, 11) is 1.40. The minimum absolute atomic E-state index is 0.0887. The molecule has 0 spiro atoms. The van der Waals surface area contributed by atoms with Gasteiger partial charge in [0.2, 0.25) is 0 Å². The monoisotopic (exact) mass is 351 g/mol. The van der Waals surface area contributed by atoms with E-state index in [9.17, 15) is 9.18 Å². The first kappa shape index (κ1) is 18.1. The highest BCUT2D eigenvalue weighted by Crippen LogP contribution is 2.41. The zero-order valence-corrected chi connectivity index (χ0v) is 14.9. The summed E-state index contributed by atoms with van der Waals surface area (Å²) in [5.41, 5.74) is 0.298. The van der Waals surface area contributed by atoms with Crippen molar-refractivity contribution in [2.24, 2.45) is 5.41 Å². The van der Waals surface area contributed by atoms with Crippen LogP contribution in [0, 0.1) is 11.2 Å². The van der Waals surface area contributed by atoms with Crippen molar-refractivity contribution < 1.29 is 23.4 Å². The number of hydrogen-bond acceptors (Lipinski definition) is 4. The first-order valence-electron chi connectivity index (χ1n) is 8.92.